The Morgan fingerprint density at radius 3 is 2.76 bits per heavy atom. The lowest BCUT2D eigenvalue weighted by atomic mass is 10.1. The molecule has 9 nitrogen and oxygen atoms in total. The van der Waals surface area contributed by atoms with Gasteiger partial charge in [-0.3, -0.25) is 14.4 Å². The van der Waals surface area contributed by atoms with E-state index < -0.39 is 17.9 Å². The van der Waals surface area contributed by atoms with Crippen LogP contribution in [-0.4, -0.2) is 59.4 Å². The van der Waals surface area contributed by atoms with Crippen LogP contribution in [0.1, 0.15) is 24.2 Å². The van der Waals surface area contributed by atoms with Gasteiger partial charge in [0.15, 0.2) is 6.61 Å². The van der Waals surface area contributed by atoms with Gasteiger partial charge in [-0.25, -0.2) is 4.79 Å². The van der Waals surface area contributed by atoms with Gasteiger partial charge in [0.05, 0.1) is 5.69 Å². The minimum Gasteiger partial charge on any atom is -0.482 e. The smallest absolute Gasteiger partial charge is 0.326 e. The van der Waals surface area contributed by atoms with Gasteiger partial charge in [-0.1, -0.05) is 0 Å². The Labute approximate surface area is 143 Å². The van der Waals surface area contributed by atoms with E-state index >= 15 is 0 Å². The van der Waals surface area contributed by atoms with Crippen molar-refractivity contribution >= 4 is 29.4 Å². The number of carbonyl (C=O) groups excluding carboxylic acids is 3. The third-order valence-electron chi connectivity index (χ3n) is 3.67. The number of carbonyl (C=O) groups is 4. The van der Waals surface area contributed by atoms with Gasteiger partial charge in [0, 0.05) is 25.6 Å². The van der Waals surface area contributed by atoms with Gasteiger partial charge < -0.3 is 25.4 Å². The van der Waals surface area contributed by atoms with Crippen molar-refractivity contribution in [2.24, 2.45) is 0 Å². The van der Waals surface area contributed by atoms with E-state index in [2.05, 4.69) is 10.6 Å². The quantitative estimate of drug-likeness (QED) is 0.667. The van der Waals surface area contributed by atoms with Crippen molar-refractivity contribution in [2.45, 2.75) is 19.9 Å². The van der Waals surface area contributed by atoms with Gasteiger partial charge >= 0.3 is 5.97 Å². The van der Waals surface area contributed by atoms with Crippen LogP contribution in [0.3, 0.4) is 0 Å². The van der Waals surface area contributed by atoms with Crippen LogP contribution in [0.4, 0.5) is 5.69 Å². The molecule has 0 saturated carbocycles. The van der Waals surface area contributed by atoms with Gasteiger partial charge in [0.2, 0.25) is 5.91 Å². The standard InChI is InChI=1S/C16H19N3O6/c1-9(16(23)24)19(6-5-17-10(2)20)15(22)11-3-4-12-13(7-11)25-8-14(21)18-12/h3-4,7,9H,5-6,8H2,1-2H3,(H,17,20)(H,18,21)(H,23,24). The Balaban J connectivity index is 2.21. The second-order valence-electron chi connectivity index (χ2n) is 5.54. The zero-order valence-electron chi connectivity index (χ0n) is 13.9. The highest BCUT2D eigenvalue weighted by molar-refractivity contribution is 6.00. The molecule has 9 heteroatoms. The van der Waals surface area contributed by atoms with E-state index in [0.717, 1.165) is 4.90 Å². The zero-order chi connectivity index (χ0) is 18.6. The lowest BCUT2D eigenvalue weighted by molar-refractivity contribution is -0.141. The molecule has 0 bridgehead atoms. The van der Waals surface area contributed by atoms with Crippen molar-refractivity contribution in [1.29, 1.82) is 0 Å². The summed E-state index contributed by atoms with van der Waals surface area (Å²) in [7, 11) is 0. The van der Waals surface area contributed by atoms with Crippen LogP contribution in [0.5, 0.6) is 5.75 Å². The second kappa shape index (κ2) is 7.65. The summed E-state index contributed by atoms with van der Waals surface area (Å²) in [5, 5.41) is 14.4. The molecule has 0 aromatic heterocycles. The fourth-order valence-electron chi connectivity index (χ4n) is 2.33. The molecule has 1 unspecified atom stereocenters. The summed E-state index contributed by atoms with van der Waals surface area (Å²) >= 11 is 0. The van der Waals surface area contributed by atoms with E-state index in [1.165, 1.54) is 32.0 Å². The maximum Gasteiger partial charge on any atom is 0.326 e. The molecule has 2 rings (SSSR count). The number of carboxylic acid groups (broad SMARTS) is 1. The molecule has 1 heterocycles. The third kappa shape index (κ3) is 4.46. The highest BCUT2D eigenvalue weighted by atomic mass is 16.5. The number of fused-ring (bicyclic) bond motifs is 1. The number of ether oxygens (including phenoxy) is 1. The lowest BCUT2D eigenvalue weighted by Gasteiger charge is -2.27. The number of aliphatic carboxylic acids is 1. The van der Waals surface area contributed by atoms with Gasteiger partial charge in [-0.15, -0.1) is 0 Å². The molecule has 3 N–H and O–H groups in total. The Hall–Kier alpha value is -3.10. The average molecular weight is 349 g/mol. The van der Waals surface area contributed by atoms with Crippen LogP contribution in [-0.2, 0) is 14.4 Å². The van der Waals surface area contributed by atoms with Gasteiger partial charge in [0.1, 0.15) is 11.8 Å². The van der Waals surface area contributed by atoms with Crippen molar-refractivity contribution in [3.63, 3.8) is 0 Å². The topological polar surface area (TPSA) is 125 Å². The van der Waals surface area contributed by atoms with E-state index in [0.29, 0.717) is 11.4 Å². The molecule has 0 aliphatic carbocycles. The SMILES string of the molecule is CC(=O)NCCN(C(=O)c1ccc2c(c1)OCC(=O)N2)C(C)C(=O)O. The molecular formula is C16H19N3O6. The predicted octanol–water partition coefficient (Wildman–Crippen LogP) is 0.0689. The molecule has 1 aromatic rings. The molecule has 0 saturated heterocycles. The normalized spacial score (nSPS) is 13.8. The van der Waals surface area contributed by atoms with E-state index in [1.807, 2.05) is 0 Å². The molecule has 1 aromatic carbocycles. The van der Waals surface area contributed by atoms with Crippen LogP contribution in [0.25, 0.3) is 0 Å². The number of rotatable bonds is 6. The number of hydrogen-bond acceptors (Lipinski definition) is 5. The Morgan fingerprint density at radius 2 is 2.12 bits per heavy atom. The van der Waals surface area contributed by atoms with Crippen LogP contribution >= 0.6 is 0 Å². The van der Waals surface area contributed by atoms with Gasteiger partial charge in [-0.2, -0.15) is 0 Å². The summed E-state index contributed by atoms with van der Waals surface area (Å²) in [4.78, 5) is 47.4. The highest BCUT2D eigenvalue weighted by Crippen LogP contribution is 2.29. The number of amides is 3. The molecule has 0 radical (unpaired) electrons. The number of hydrogen-bond donors (Lipinski definition) is 3. The molecule has 25 heavy (non-hydrogen) atoms. The van der Waals surface area contributed by atoms with Gasteiger partial charge in [0.25, 0.3) is 11.8 Å². The van der Waals surface area contributed by atoms with Crippen molar-refractivity contribution in [3.05, 3.63) is 23.8 Å². The third-order valence-corrected chi connectivity index (χ3v) is 3.67. The number of carboxylic acids is 1. The molecular weight excluding hydrogens is 330 g/mol. The first kappa shape index (κ1) is 18.2. The molecule has 0 spiro atoms. The second-order valence-corrected chi connectivity index (χ2v) is 5.54. The molecule has 1 aliphatic rings. The molecule has 134 valence electrons. The molecule has 1 aliphatic heterocycles. The Bertz CT molecular complexity index is 718. The fraction of sp³-hybridized carbons (Fsp3) is 0.375. The van der Waals surface area contributed by atoms with E-state index in [1.54, 1.807) is 0 Å². The Kier molecular flexibility index (Phi) is 5.58. The van der Waals surface area contributed by atoms with Crippen molar-refractivity contribution in [2.75, 3.05) is 25.0 Å². The minimum absolute atomic E-state index is 0.0422. The first-order valence-corrected chi connectivity index (χ1v) is 7.64. The summed E-state index contributed by atoms with van der Waals surface area (Å²) < 4.78 is 5.27. The summed E-state index contributed by atoms with van der Waals surface area (Å²) in [6, 6.07) is 3.39. The molecule has 3 amide bonds. The summed E-state index contributed by atoms with van der Waals surface area (Å²) in [5.74, 6) is -1.88. The lowest BCUT2D eigenvalue weighted by Crippen LogP contribution is -2.46. The van der Waals surface area contributed by atoms with Gasteiger partial charge in [-0.05, 0) is 25.1 Å². The molecule has 1 atom stereocenters. The monoisotopic (exact) mass is 349 g/mol. The van der Waals surface area contributed by atoms with Crippen molar-refractivity contribution in [1.82, 2.24) is 10.2 Å². The van der Waals surface area contributed by atoms with Crippen molar-refractivity contribution in [3.8, 4) is 5.75 Å². The highest BCUT2D eigenvalue weighted by Gasteiger charge is 2.27. The zero-order valence-corrected chi connectivity index (χ0v) is 13.9. The predicted molar refractivity (Wildman–Crippen MR) is 87.4 cm³/mol. The van der Waals surface area contributed by atoms with Crippen LogP contribution in [0.15, 0.2) is 18.2 Å². The first-order valence-electron chi connectivity index (χ1n) is 7.64. The maximum absolute atomic E-state index is 12.7. The maximum atomic E-state index is 12.7. The number of anilines is 1. The van der Waals surface area contributed by atoms with E-state index in [9.17, 15) is 24.3 Å². The van der Waals surface area contributed by atoms with Crippen LogP contribution < -0.4 is 15.4 Å². The van der Waals surface area contributed by atoms with E-state index in [4.69, 9.17) is 4.74 Å². The molecule has 0 fully saturated rings. The largest absolute Gasteiger partial charge is 0.482 e. The summed E-state index contributed by atoms with van der Waals surface area (Å²) in [6.45, 7) is 2.75. The minimum atomic E-state index is -1.15. The number of benzene rings is 1. The average Bonchev–Trinajstić information content (AvgIpc) is 2.56. The summed E-state index contributed by atoms with van der Waals surface area (Å²) in [5.41, 5.74) is 0.676. The van der Waals surface area contributed by atoms with Crippen molar-refractivity contribution < 1.29 is 29.0 Å². The Morgan fingerprint density at radius 1 is 1.40 bits per heavy atom. The number of nitrogens with one attached hydrogen (secondary N) is 2. The van der Waals surface area contributed by atoms with E-state index in [-0.39, 0.29) is 37.1 Å². The van der Waals surface area contributed by atoms with Crippen LogP contribution in [0.2, 0.25) is 0 Å². The first-order chi connectivity index (χ1) is 11.8. The number of nitrogens with zero attached hydrogens (tertiary/aromatic N) is 1. The van der Waals surface area contributed by atoms with Crippen LogP contribution in [0, 0.1) is 0 Å². The fourth-order valence-corrected chi connectivity index (χ4v) is 2.33. The summed E-state index contributed by atoms with van der Waals surface area (Å²) in [6.07, 6.45) is 0.